The first-order chi connectivity index (χ1) is 9.60. The lowest BCUT2D eigenvalue weighted by atomic mass is 10.00. The van der Waals surface area contributed by atoms with Gasteiger partial charge in [0, 0.05) is 32.4 Å². The molecule has 1 unspecified atom stereocenters. The third-order valence-corrected chi connectivity index (χ3v) is 4.30. The Balaban J connectivity index is 2.25. The van der Waals surface area contributed by atoms with Gasteiger partial charge >= 0.3 is 0 Å². The number of rotatable bonds is 5. The summed E-state index contributed by atoms with van der Waals surface area (Å²) in [4.78, 5) is 4.24. The highest BCUT2D eigenvalue weighted by Crippen LogP contribution is 2.27. The summed E-state index contributed by atoms with van der Waals surface area (Å²) in [6.45, 7) is 2.99. The molecule has 0 spiro atoms. The van der Waals surface area contributed by atoms with E-state index in [1.165, 1.54) is 0 Å². The maximum atomic E-state index is 6.31. The minimum Gasteiger partial charge on any atom is -0.310 e. The Hall–Kier alpha value is -0.420. The molecule has 0 aliphatic heterocycles. The molecule has 0 saturated carbocycles. The van der Waals surface area contributed by atoms with Gasteiger partial charge in [0.1, 0.15) is 0 Å². The van der Waals surface area contributed by atoms with Gasteiger partial charge < -0.3 is 5.32 Å². The minimum absolute atomic E-state index is 0.198. The third-order valence-electron chi connectivity index (χ3n) is 3.02. The Bertz CT molecular complexity index is 590. The molecule has 5 heteroatoms. The number of benzene rings is 1. The summed E-state index contributed by atoms with van der Waals surface area (Å²) in [5.41, 5.74) is 2.28. The van der Waals surface area contributed by atoms with E-state index in [1.54, 1.807) is 6.20 Å². The van der Waals surface area contributed by atoms with Crippen LogP contribution in [0.4, 0.5) is 0 Å². The Morgan fingerprint density at radius 1 is 1.20 bits per heavy atom. The Morgan fingerprint density at radius 2 is 2.00 bits per heavy atom. The minimum atomic E-state index is 0.198. The zero-order valence-corrected chi connectivity index (χ0v) is 15.0. The fraction of sp³-hybridized carbons (Fsp3) is 0.267. The van der Waals surface area contributed by atoms with E-state index >= 15 is 0 Å². The highest BCUT2D eigenvalue weighted by atomic mass is 79.9. The summed E-state index contributed by atoms with van der Waals surface area (Å²) in [6.07, 6.45) is 4.52. The average molecular weight is 419 g/mol. The van der Waals surface area contributed by atoms with Crippen molar-refractivity contribution >= 4 is 43.5 Å². The van der Waals surface area contributed by atoms with E-state index in [-0.39, 0.29) is 6.04 Å². The van der Waals surface area contributed by atoms with Crippen LogP contribution >= 0.6 is 43.5 Å². The molecule has 1 N–H and O–H groups in total. The summed E-state index contributed by atoms with van der Waals surface area (Å²) in [6, 6.07) is 8.29. The highest BCUT2D eigenvalue weighted by Gasteiger charge is 2.14. The van der Waals surface area contributed by atoms with Crippen LogP contribution in [-0.4, -0.2) is 11.5 Å². The van der Waals surface area contributed by atoms with E-state index in [9.17, 15) is 0 Å². The van der Waals surface area contributed by atoms with Crippen molar-refractivity contribution in [1.29, 1.82) is 0 Å². The summed E-state index contributed by atoms with van der Waals surface area (Å²) in [5, 5.41) is 4.27. The topological polar surface area (TPSA) is 24.9 Å². The summed E-state index contributed by atoms with van der Waals surface area (Å²) >= 11 is 13.2. The van der Waals surface area contributed by atoms with Crippen LogP contribution in [0.25, 0.3) is 0 Å². The van der Waals surface area contributed by atoms with Crippen LogP contribution in [0.1, 0.15) is 24.1 Å². The maximum Gasteiger partial charge on any atom is 0.0449 e. The molecule has 2 aromatic rings. The van der Waals surface area contributed by atoms with Gasteiger partial charge in [0.15, 0.2) is 0 Å². The fourth-order valence-electron chi connectivity index (χ4n) is 2.08. The number of hydrogen-bond acceptors (Lipinski definition) is 2. The molecular formula is C15H15Br2ClN2. The van der Waals surface area contributed by atoms with Gasteiger partial charge in [-0.3, -0.25) is 4.98 Å². The van der Waals surface area contributed by atoms with Crippen LogP contribution in [0, 0.1) is 0 Å². The summed E-state index contributed by atoms with van der Waals surface area (Å²) in [7, 11) is 0. The van der Waals surface area contributed by atoms with Crippen molar-refractivity contribution in [1.82, 2.24) is 10.3 Å². The molecule has 0 radical (unpaired) electrons. The quantitative estimate of drug-likeness (QED) is 0.726. The molecule has 0 fully saturated rings. The summed E-state index contributed by atoms with van der Waals surface area (Å²) in [5.74, 6) is 0. The van der Waals surface area contributed by atoms with Crippen LogP contribution in [0.3, 0.4) is 0 Å². The standard InChI is InChI=1S/C15H15Br2ClN2/c1-2-20-15(11-5-13(17)9-19-8-11)6-10-3-4-12(16)7-14(10)18/h3-5,7-9,15,20H,2,6H2,1H3. The van der Waals surface area contributed by atoms with E-state index in [0.29, 0.717) is 0 Å². The third kappa shape index (κ3) is 4.29. The predicted octanol–water partition coefficient (Wildman–Crippen LogP) is 5.15. The summed E-state index contributed by atoms with van der Waals surface area (Å²) < 4.78 is 1.98. The van der Waals surface area contributed by atoms with Gasteiger partial charge in [-0.05, 0) is 58.2 Å². The first-order valence-electron chi connectivity index (χ1n) is 6.38. The van der Waals surface area contributed by atoms with E-state index in [4.69, 9.17) is 11.6 Å². The van der Waals surface area contributed by atoms with Gasteiger partial charge in [0.2, 0.25) is 0 Å². The lowest BCUT2D eigenvalue weighted by Crippen LogP contribution is -2.23. The van der Waals surface area contributed by atoms with Crippen molar-refractivity contribution in [3.63, 3.8) is 0 Å². The zero-order valence-electron chi connectivity index (χ0n) is 11.0. The predicted molar refractivity (Wildman–Crippen MR) is 91.2 cm³/mol. The first-order valence-corrected chi connectivity index (χ1v) is 8.34. The average Bonchev–Trinajstić information content (AvgIpc) is 2.41. The van der Waals surface area contributed by atoms with Gasteiger partial charge in [0.25, 0.3) is 0 Å². The highest BCUT2D eigenvalue weighted by molar-refractivity contribution is 9.10. The molecule has 0 amide bonds. The Morgan fingerprint density at radius 3 is 2.65 bits per heavy atom. The number of hydrogen-bond donors (Lipinski definition) is 1. The Kier molecular flexibility index (Phi) is 6.02. The van der Waals surface area contributed by atoms with E-state index in [0.717, 1.165) is 38.1 Å². The van der Waals surface area contributed by atoms with E-state index < -0.39 is 0 Å². The number of likely N-dealkylation sites (N-methyl/N-ethyl adjacent to an activating group) is 1. The fourth-order valence-corrected chi connectivity index (χ4v) is 3.21. The Labute approximate surface area is 141 Å². The zero-order chi connectivity index (χ0) is 14.5. The van der Waals surface area contributed by atoms with Crippen molar-refractivity contribution < 1.29 is 0 Å². The van der Waals surface area contributed by atoms with Gasteiger partial charge in [-0.25, -0.2) is 0 Å². The molecular weight excluding hydrogens is 403 g/mol. The SMILES string of the molecule is CCNC(Cc1ccc(Br)cc1Cl)c1cncc(Br)c1. The van der Waals surface area contributed by atoms with E-state index in [1.807, 2.05) is 18.3 Å². The smallest absolute Gasteiger partial charge is 0.0449 e. The normalized spacial score (nSPS) is 12.4. The van der Waals surface area contributed by atoms with Gasteiger partial charge in [0.05, 0.1) is 0 Å². The van der Waals surface area contributed by atoms with Crippen LogP contribution in [0.5, 0.6) is 0 Å². The molecule has 106 valence electrons. The van der Waals surface area contributed by atoms with E-state index in [2.05, 4.69) is 61.2 Å². The molecule has 0 bridgehead atoms. The number of pyridine rings is 1. The van der Waals surface area contributed by atoms with Crippen molar-refractivity contribution in [2.75, 3.05) is 6.54 Å². The molecule has 1 atom stereocenters. The van der Waals surface area contributed by atoms with Crippen molar-refractivity contribution in [3.8, 4) is 0 Å². The molecule has 2 nitrogen and oxygen atoms in total. The largest absolute Gasteiger partial charge is 0.310 e. The second-order valence-electron chi connectivity index (χ2n) is 4.49. The van der Waals surface area contributed by atoms with Crippen molar-refractivity contribution in [2.45, 2.75) is 19.4 Å². The molecule has 0 aliphatic rings. The molecule has 2 rings (SSSR count). The molecule has 1 heterocycles. The molecule has 0 aliphatic carbocycles. The van der Waals surface area contributed by atoms with Gasteiger partial charge in [-0.1, -0.05) is 40.5 Å². The van der Waals surface area contributed by atoms with Crippen LogP contribution in [0.15, 0.2) is 45.6 Å². The molecule has 20 heavy (non-hydrogen) atoms. The maximum absolute atomic E-state index is 6.31. The van der Waals surface area contributed by atoms with Gasteiger partial charge in [-0.2, -0.15) is 0 Å². The number of nitrogens with zero attached hydrogens (tertiary/aromatic N) is 1. The van der Waals surface area contributed by atoms with Crippen LogP contribution < -0.4 is 5.32 Å². The van der Waals surface area contributed by atoms with Crippen LogP contribution in [-0.2, 0) is 6.42 Å². The molecule has 1 aromatic carbocycles. The number of nitrogens with one attached hydrogen (secondary N) is 1. The van der Waals surface area contributed by atoms with Gasteiger partial charge in [-0.15, -0.1) is 0 Å². The number of aromatic nitrogens is 1. The van der Waals surface area contributed by atoms with Crippen molar-refractivity contribution in [3.05, 3.63) is 61.8 Å². The first kappa shape index (κ1) is 16.0. The molecule has 1 aromatic heterocycles. The monoisotopic (exact) mass is 416 g/mol. The number of halogens is 3. The lowest BCUT2D eigenvalue weighted by Gasteiger charge is -2.19. The lowest BCUT2D eigenvalue weighted by molar-refractivity contribution is 0.548. The second kappa shape index (κ2) is 7.55. The molecule has 0 saturated heterocycles. The van der Waals surface area contributed by atoms with Crippen LogP contribution in [0.2, 0.25) is 5.02 Å². The second-order valence-corrected chi connectivity index (χ2v) is 6.73. The van der Waals surface area contributed by atoms with Crippen molar-refractivity contribution in [2.24, 2.45) is 0 Å².